The molecule has 2 aromatic carbocycles. The highest BCUT2D eigenvalue weighted by Crippen LogP contribution is 2.52. The van der Waals surface area contributed by atoms with Crippen molar-refractivity contribution in [2.24, 2.45) is 28.8 Å². The third kappa shape index (κ3) is 3.22. The molecule has 2 aromatic rings. The average Bonchev–Trinajstić information content (AvgIpc) is 3.48. The highest BCUT2D eigenvalue weighted by atomic mass is 16.6. The number of carbonyl (C=O) groups excluding carboxylic acids is 3. The minimum absolute atomic E-state index is 0.144. The Labute approximate surface area is 178 Å². The van der Waals surface area contributed by atoms with Gasteiger partial charge in [0, 0.05) is 0 Å². The van der Waals surface area contributed by atoms with Crippen molar-refractivity contribution in [2.75, 3.05) is 7.11 Å². The van der Waals surface area contributed by atoms with Gasteiger partial charge >= 0.3 is 5.97 Å². The van der Waals surface area contributed by atoms with Crippen molar-refractivity contribution in [3.63, 3.8) is 0 Å². The number of benzene rings is 2. The standard InChI is InChI=1S/C24H20N2O5/c1-30-19-11-14(7-10-18(19)31-24(29)15-5-3-2-4-6-15)13-25-26-22(27)20-16-8-9-17(12-16)21(20)23(26)28/h2-11,13,16-17,20-21H,12H2,1H3/t16-,17-,20-,21+/m0/s1. The molecule has 1 saturated carbocycles. The molecular formula is C24H20N2O5. The molecule has 4 atom stereocenters. The quantitative estimate of drug-likeness (QED) is 0.246. The maximum absolute atomic E-state index is 12.7. The minimum Gasteiger partial charge on any atom is -0.493 e. The summed E-state index contributed by atoms with van der Waals surface area (Å²) in [7, 11) is 1.47. The number of hydrazone groups is 1. The number of carbonyl (C=O) groups is 3. The zero-order chi connectivity index (χ0) is 21.5. The van der Waals surface area contributed by atoms with E-state index in [4.69, 9.17) is 9.47 Å². The number of imide groups is 1. The molecule has 0 spiro atoms. The molecule has 2 aliphatic carbocycles. The van der Waals surface area contributed by atoms with Gasteiger partial charge in [0.15, 0.2) is 11.5 Å². The van der Waals surface area contributed by atoms with Crippen molar-refractivity contribution in [1.82, 2.24) is 5.01 Å². The molecule has 1 saturated heterocycles. The van der Waals surface area contributed by atoms with Crippen molar-refractivity contribution in [3.8, 4) is 11.5 Å². The maximum Gasteiger partial charge on any atom is 0.343 e. The Balaban J connectivity index is 1.32. The van der Waals surface area contributed by atoms with E-state index in [9.17, 15) is 14.4 Å². The molecule has 156 valence electrons. The fraction of sp³-hybridized carbons (Fsp3) is 0.250. The lowest BCUT2D eigenvalue weighted by molar-refractivity contribution is -0.140. The van der Waals surface area contributed by atoms with Gasteiger partial charge in [0.25, 0.3) is 11.8 Å². The molecule has 0 unspecified atom stereocenters. The second-order valence-corrected chi connectivity index (χ2v) is 7.90. The molecule has 5 rings (SSSR count). The van der Waals surface area contributed by atoms with Crippen LogP contribution >= 0.6 is 0 Å². The number of amides is 2. The molecule has 1 heterocycles. The number of fused-ring (bicyclic) bond motifs is 5. The second kappa shape index (κ2) is 7.50. The van der Waals surface area contributed by atoms with Crippen LogP contribution in [0.4, 0.5) is 0 Å². The van der Waals surface area contributed by atoms with Gasteiger partial charge in [-0.2, -0.15) is 10.1 Å². The molecule has 2 bridgehead atoms. The number of allylic oxidation sites excluding steroid dienone is 2. The van der Waals surface area contributed by atoms with Crippen LogP contribution in [0.3, 0.4) is 0 Å². The largest absolute Gasteiger partial charge is 0.493 e. The van der Waals surface area contributed by atoms with Crippen LogP contribution in [0.1, 0.15) is 22.3 Å². The second-order valence-electron chi connectivity index (χ2n) is 7.90. The SMILES string of the molecule is COc1cc(C=NN2C(=O)[C@@H]3[C@H](C2=O)[C@H]2C=C[C@H]3C2)ccc1OC(=O)c1ccccc1. The average molecular weight is 416 g/mol. The third-order valence-corrected chi connectivity index (χ3v) is 6.17. The highest BCUT2D eigenvalue weighted by molar-refractivity contribution is 6.06. The Morgan fingerprint density at radius 3 is 2.32 bits per heavy atom. The van der Waals surface area contributed by atoms with Crippen molar-refractivity contribution >= 4 is 24.0 Å². The van der Waals surface area contributed by atoms with Crippen LogP contribution < -0.4 is 9.47 Å². The summed E-state index contributed by atoms with van der Waals surface area (Å²) in [5.74, 6) is -0.640. The fourth-order valence-electron chi connectivity index (χ4n) is 4.71. The number of rotatable bonds is 5. The summed E-state index contributed by atoms with van der Waals surface area (Å²) in [6.45, 7) is 0. The van der Waals surface area contributed by atoms with Crippen molar-refractivity contribution in [3.05, 3.63) is 71.8 Å². The first-order valence-corrected chi connectivity index (χ1v) is 10.1. The van der Waals surface area contributed by atoms with Gasteiger partial charge in [-0.25, -0.2) is 4.79 Å². The fourth-order valence-corrected chi connectivity index (χ4v) is 4.71. The van der Waals surface area contributed by atoms with Gasteiger partial charge in [0.1, 0.15) is 0 Å². The van der Waals surface area contributed by atoms with Gasteiger partial charge in [0.05, 0.1) is 30.7 Å². The summed E-state index contributed by atoms with van der Waals surface area (Å²) >= 11 is 0. The lowest BCUT2D eigenvalue weighted by atomic mass is 9.85. The maximum atomic E-state index is 12.7. The Bertz CT molecular complexity index is 1090. The molecule has 3 aliphatic rings. The first-order chi connectivity index (χ1) is 15.1. The van der Waals surface area contributed by atoms with Gasteiger partial charge in [0.2, 0.25) is 0 Å². The lowest BCUT2D eigenvalue weighted by Crippen LogP contribution is -2.28. The molecule has 1 aliphatic heterocycles. The third-order valence-electron chi connectivity index (χ3n) is 6.17. The smallest absolute Gasteiger partial charge is 0.343 e. The van der Waals surface area contributed by atoms with Crippen LogP contribution in [0.25, 0.3) is 0 Å². The van der Waals surface area contributed by atoms with Gasteiger partial charge in [-0.05, 0) is 54.2 Å². The van der Waals surface area contributed by atoms with Crippen LogP contribution in [0.15, 0.2) is 65.8 Å². The van der Waals surface area contributed by atoms with E-state index in [2.05, 4.69) is 5.10 Å². The van der Waals surface area contributed by atoms with Crippen LogP contribution in [0.5, 0.6) is 11.5 Å². The number of nitrogens with zero attached hydrogens (tertiary/aromatic N) is 2. The molecule has 2 fully saturated rings. The molecule has 2 amide bonds. The Morgan fingerprint density at radius 1 is 1.00 bits per heavy atom. The topological polar surface area (TPSA) is 85.3 Å². The highest BCUT2D eigenvalue weighted by Gasteiger charge is 2.59. The molecule has 7 heteroatoms. The Kier molecular flexibility index (Phi) is 4.66. The van der Waals surface area contributed by atoms with E-state index >= 15 is 0 Å². The number of hydrogen-bond acceptors (Lipinski definition) is 6. The number of esters is 1. The van der Waals surface area contributed by atoms with E-state index in [0.29, 0.717) is 16.9 Å². The predicted octanol–water partition coefficient (Wildman–Crippen LogP) is 3.06. The number of hydrogen-bond donors (Lipinski definition) is 0. The van der Waals surface area contributed by atoms with E-state index in [0.717, 1.165) is 11.4 Å². The number of methoxy groups -OCH3 is 1. The molecular weight excluding hydrogens is 396 g/mol. The van der Waals surface area contributed by atoms with E-state index in [-0.39, 0.29) is 41.2 Å². The van der Waals surface area contributed by atoms with E-state index in [1.165, 1.54) is 13.3 Å². The summed E-state index contributed by atoms with van der Waals surface area (Å²) in [5, 5.41) is 5.16. The van der Waals surface area contributed by atoms with Crippen LogP contribution in [-0.2, 0) is 9.59 Å². The van der Waals surface area contributed by atoms with Gasteiger partial charge in [-0.15, -0.1) is 0 Å². The summed E-state index contributed by atoms with van der Waals surface area (Å²) < 4.78 is 10.8. The van der Waals surface area contributed by atoms with Gasteiger partial charge < -0.3 is 9.47 Å². The lowest BCUT2D eigenvalue weighted by Gasteiger charge is -2.13. The van der Waals surface area contributed by atoms with Crippen molar-refractivity contribution < 1.29 is 23.9 Å². The van der Waals surface area contributed by atoms with Crippen molar-refractivity contribution in [1.29, 1.82) is 0 Å². The monoisotopic (exact) mass is 416 g/mol. The van der Waals surface area contributed by atoms with E-state index in [1.807, 2.05) is 18.2 Å². The Hall–Kier alpha value is -3.74. The zero-order valence-corrected chi connectivity index (χ0v) is 16.8. The van der Waals surface area contributed by atoms with E-state index < -0.39 is 5.97 Å². The van der Waals surface area contributed by atoms with Gasteiger partial charge in [-0.3, -0.25) is 9.59 Å². The Morgan fingerprint density at radius 2 is 1.68 bits per heavy atom. The molecule has 0 N–H and O–H groups in total. The first kappa shape index (κ1) is 19.2. The van der Waals surface area contributed by atoms with Crippen LogP contribution in [0.2, 0.25) is 0 Å². The molecule has 0 radical (unpaired) electrons. The normalized spacial score (nSPS) is 26.0. The van der Waals surface area contributed by atoms with E-state index in [1.54, 1.807) is 42.5 Å². The summed E-state index contributed by atoms with van der Waals surface area (Å²) in [4.78, 5) is 37.7. The zero-order valence-electron chi connectivity index (χ0n) is 16.8. The van der Waals surface area contributed by atoms with Crippen LogP contribution in [0, 0.1) is 23.7 Å². The number of ether oxygens (including phenoxy) is 2. The van der Waals surface area contributed by atoms with Crippen molar-refractivity contribution in [2.45, 2.75) is 6.42 Å². The molecule has 0 aromatic heterocycles. The molecule has 7 nitrogen and oxygen atoms in total. The molecule has 31 heavy (non-hydrogen) atoms. The summed E-state index contributed by atoms with van der Waals surface area (Å²) in [6, 6.07) is 13.6. The predicted molar refractivity (Wildman–Crippen MR) is 112 cm³/mol. The van der Waals surface area contributed by atoms with Gasteiger partial charge in [-0.1, -0.05) is 30.4 Å². The minimum atomic E-state index is -0.497. The summed E-state index contributed by atoms with van der Waals surface area (Å²) in [6.07, 6.45) is 6.41. The van der Waals surface area contributed by atoms with Crippen LogP contribution in [-0.4, -0.2) is 36.1 Å². The first-order valence-electron chi connectivity index (χ1n) is 10.1. The summed E-state index contributed by atoms with van der Waals surface area (Å²) in [5.41, 5.74) is 1.03.